The van der Waals surface area contributed by atoms with Gasteiger partial charge in [-0.3, -0.25) is 4.79 Å². The molecular formula is C13H12ClN5O. The van der Waals surface area contributed by atoms with E-state index in [-0.39, 0.29) is 11.2 Å². The van der Waals surface area contributed by atoms with E-state index >= 15 is 0 Å². The molecule has 0 aliphatic rings. The van der Waals surface area contributed by atoms with Gasteiger partial charge in [0.15, 0.2) is 0 Å². The molecule has 1 aromatic heterocycles. The van der Waals surface area contributed by atoms with Gasteiger partial charge in [-0.1, -0.05) is 12.6 Å². The van der Waals surface area contributed by atoms with E-state index in [9.17, 15) is 4.79 Å². The molecule has 2 N–H and O–H groups in total. The van der Waals surface area contributed by atoms with Gasteiger partial charge >= 0.3 is 0 Å². The van der Waals surface area contributed by atoms with Crippen molar-refractivity contribution in [2.75, 3.05) is 10.6 Å². The molecule has 0 radical (unpaired) electrons. The Balaban J connectivity index is 2.22. The van der Waals surface area contributed by atoms with E-state index in [0.717, 1.165) is 11.3 Å². The monoisotopic (exact) mass is 289 g/mol. The van der Waals surface area contributed by atoms with Crippen LogP contribution >= 0.6 is 11.6 Å². The highest BCUT2D eigenvalue weighted by atomic mass is 35.5. The van der Waals surface area contributed by atoms with Gasteiger partial charge in [0.05, 0.1) is 0 Å². The maximum Gasteiger partial charge on any atom is 0.247 e. The van der Waals surface area contributed by atoms with E-state index < -0.39 is 0 Å². The van der Waals surface area contributed by atoms with E-state index in [1.165, 1.54) is 12.4 Å². The van der Waals surface area contributed by atoms with E-state index in [1.807, 2.05) is 19.1 Å². The van der Waals surface area contributed by atoms with Gasteiger partial charge in [0.2, 0.25) is 17.1 Å². The zero-order valence-electron chi connectivity index (χ0n) is 10.7. The zero-order valence-corrected chi connectivity index (χ0v) is 11.5. The summed E-state index contributed by atoms with van der Waals surface area (Å²) < 4.78 is 0. The van der Waals surface area contributed by atoms with Crippen LogP contribution in [0.2, 0.25) is 5.28 Å². The predicted octanol–water partition coefficient (Wildman–Crippen LogP) is 2.70. The lowest BCUT2D eigenvalue weighted by molar-refractivity contribution is -0.111. The summed E-state index contributed by atoms with van der Waals surface area (Å²) in [6.45, 7) is 5.31. The number of rotatable bonds is 4. The Labute approximate surface area is 120 Å². The summed E-state index contributed by atoms with van der Waals surface area (Å²) in [6.07, 6.45) is 2.53. The van der Waals surface area contributed by atoms with Gasteiger partial charge in [-0.05, 0) is 42.3 Å². The largest absolute Gasteiger partial charge is 0.324 e. The highest BCUT2D eigenvalue weighted by molar-refractivity contribution is 6.28. The van der Waals surface area contributed by atoms with Crippen LogP contribution < -0.4 is 10.6 Å². The second-order valence-corrected chi connectivity index (χ2v) is 4.26. The molecule has 0 fully saturated rings. The Morgan fingerprint density at radius 1 is 1.40 bits per heavy atom. The van der Waals surface area contributed by atoms with Crippen molar-refractivity contribution in [2.24, 2.45) is 0 Å². The van der Waals surface area contributed by atoms with E-state index in [1.54, 1.807) is 6.07 Å². The standard InChI is InChI=1S/C13H12ClN5O/c1-3-11(20)18-10-6-9(5-4-8(10)2)17-13-16-7-15-12(14)19-13/h3-7H,1H2,2H3,(H,18,20)(H,15,16,17,19). The number of nitrogens with one attached hydrogen (secondary N) is 2. The van der Waals surface area contributed by atoms with Gasteiger partial charge < -0.3 is 10.6 Å². The number of hydrogen-bond donors (Lipinski definition) is 2. The molecule has 0 bridgehead atoms. The Morgan fingerprint density at radius 3 is 2.90 bits per heavy atom. The van der Waals surface area contributed by atoms with Crippen LogP contribution in [-0.2, 0) is 4.79 Å². The summed E-state index contributed by atoms with van der Waals surface area (Å²) in [5.74, 6) is 0.0586. The molecule has 0 unspecified atom stereocenters. The van der Waals surface area contributed by atoms with Crippen LogP contribution in [0.4, 0.5) is 17.3 Å². The van der Waals surface area contributed by atoms with E-state index in [2.05, 4.69) is 32.2 Å². The molecule has 1 aromatic carbocycles. The maximum absolute atomic E-state index is 11.3. The van der Waals surface area contributed by atoms with Crippen LogP contribution in [0.25, 0.3) is 0 Å². The number of halogens is 1. The average molecular weight is 290 g/mol. The number of carbonyl (C=O) groups is 1. The lowest BCUT2D eigenvalue weighted by atomic mass is 10.2. The molecular weight excluding hydrogens is 278 g/mol. The summed E-state index contributed by atoms with van der Waals surface area (Å²) in [7, 11) is 0. The zero-order chi connectivity index (χ0) is 14.5. The van der Waals surface area contributed by atoms with Crippen LogP contribution in [0.3, 0.4) is 0 Å². The first-order valence-electron chi connectivity index (χ1n) is 5.74. The number of nitrogens with zero attached hydrogens (tertiary/aromatic N) is 3. The Kier molecular flexibility index (Phi) is 4.27. The molecule has 6 nitrogen and oxygen atoms in total. The number of anilines is 3. The van der Waals surface area contributed by atoms with Gasteiger partial charge in [-0.15, -0.1) is 0 Å². The second kappa shape index (κ2) is 6.12. The molecule has 0 saturated heterocycles. The molecule has 0 spiro atoms. The normalized spacial score (nSPS) is 9.90. The summed E-state index contributed by atoms with van der Waals surface area (Å²) in [5, 5.41) is 5.81. The van der Waals surface area contributed by atoms with Crippen molar-refractivity contribution in [3.8, 4) is 0 Å². The summed E-state index contributed by atoms with van der Waals surface area (Å²) >= 11 is 5.68. The minimum atomic E-state index is -0.270. The lowest BCUT2D eigenvalue weighted by Gasteiger charge is -2.10. The fourth-order valence-electron chi connectivity index (χ4n) is 1.48. The molecule has 0 atom stereocenters. The van der Waals surface area contributed by atoms with Crippen LogP contribution in [0.5, 0.6) is 0 Å². The van der Waals surface area contributed by atoms with E-state index in [4.69, 9.17) is 11.6 Å². The molecule has 1 amide bonds. The first-order chi connectivity index (χ1) is 9.58. The number of amides is 1. The van der Waals surface area contributed by atoms with Gasteiger partial charge in [0.1, 0.15) is 6.33 Å². The second-order valence-electron chi connectivity index (χ2n) is 3.93. The third-order valence-electron chi connectivity index (χ3n) is 2.48. The SMILES string of the molecule is C=CC(=O)Nc1cc(Nc2ncnc(Cl)n2)ccc1C. The van der Waals surface area contributed by atoms with Gasteiger partial charge in [0.25, 0.3) is 0 Å². The molecule has 0 aliphatic carbocycles. The average Bonchev–Trinajstić information content (AvgIpc) is 2.42. The first-order valence-corrected chi connectivity index (χ1v) is 6.12. The number of hydrogen-bond acceptors (Lipinski definition) is 5. The Morgan fingerprint density at radius 2 is 2.20 bits per heavy atom. The molecule has 0 saturated carbocycles. The number of aromatic nitrogens is 3. The smallest absolute Gasteiger partial charge is 0.247 e. The molecule has 0 aliphatic heterocycles. The van der Waals surface area contributed by atoms with Crippen LogP contribution in [0.15, 0.2) is 37.2 Å². The van der Waals surface area contributed by atoms with Crippen molar-refractivity contribution in [2.45, 2.75) is 6.92 Å². The minimum absolute atomic E-state index is 0.106. The number of aryl methyl sites for hydroxylation is 1. The third kappa shape index (κ3) is 3.52. The van der Waals surface area contributed by atoms with Crippen molar-refractivity contribution >= 4 is 34.8 Å². The Hall–Kier alpha value is -2.47. The predicted molar refractivity (Wildman–Crippen MR) is 78.1 cm³/mol. The van der Waals surface area contributed by atoms with Crippen molar-refractivity contribution in [1.82, 2.24) is 15.0 Å². The van der Waals surface area contributed by atoms with Gasteiger partial charge in [-0.25, -0.2) is 9.97 Å². The highest BCUT2D eigenvalue weighted by Crippen LogP contribution is 2.22. The summed E-state index contributed by atoms with van der Waals surface area (Å²) in [6, 6.07) is 5.48. The van der Waals surface area contributed by atoms with E-state index in [0.29, 0.717) is 11.6 Å². The van der Waals surface area contributed by atoms with Crippen molar-refractivity contribution in [3.63, 3.8) is 0 Å². The third-order valence-corrected chi connectivity index (χ3v) is 2.66. The lowest BCUT2D eigenvalue weighted by Crippen LogP contribution is -2.09. The van der Waals surface area contributed by atoms with Gasteiger partial charge in [-0.2, -0.15) is 4.98 Å². The number of benzene rings is 1. The minimum Gasteiger partial charge on any atom is -0.324 e. The number of carbonyl (C=O) groups excluding carboxylic acids is 1. The molecule has 2 rings (SSSR count). The Bertz CT molecular complexity index is 659. The molecule has 7 heteroatoms. The molecule has 20 heavy (non-hydrogen) atoms. The first kappa shape index (κ1) is 14.0. The van der Waals surface area contributed by atoms with Crippen LogP contribution in [0, 0.1) is 6.92 Å². The highest BCUT2D eigenvalue weighted by Gasteiger charge is 2.05. The molecule has 1 heterocycles. The summed E-state index contributed by atoms with van der Waals surface area (Å²) in [5.41, 5.74) is 2.33. The molecule has 2 aromatic rings. The van der Waals surface area contributed by atoms with Crippen molar-refractivity contribution in [1.29, 1.82) is 0 Å². The fourth-order valence-corrected chi connectivity index (χ4v) is 1.61. The van der Waals surface area contributed by atoms with Crippen LogP contribution in [0.1, 0.15) is 5.56 Å². The quantitative estimate of drug-likeness (QED) is 0.846. The topological polar surface area (TPSA) is 79.8 Å². The molecule has 102 valence electrons. The fraction of sp³-hybridized carbons (Fsp3) is 0.0769. The maximum atomic E-state index is 11.3. The van der Waals surface area contributed by atoms with Crippen LogP contribution in [-0.4, -0.2) is 20.9 Å². The van der Waals surface area contributed by atoms with Crippen molar-refractivity contribution in [3.05, 3.63) is 48.0 Å². The van der Waals surface area contributed by atoms with Gasteiger partial charge in [0, 0.05) is 11.4 Å². The van der Waals surface area contributed by atoms with Crippen molar-refractivity contribution < 1.29 is 4.79 Å². The summed E-state index contributed by atoms with van der Waals surface area (Å²) in [4.78, 5) is 22.9.